The van der Waals surface area contributed by atoms with Gasteiger partial charge in [-0.25, -0.2) is 4.79 Å². The van der Waals surface area contributed by atoms with E-state index in [2.05, 4.69) is 5.32 Å². The zero-order valence-corrected chi connectivity index (χ0v) is 10.8. The van der Waals surface area contributed by atoms with Gasteiger partial charge in [0.15, 0.2) is 0 Å². The topological polar surface area (TPSA) is 89.9 Å². The molecule has 18 heavy (non-hydrogen) atoms. The van der Waals surface area contributed by atoms with Crippen molar-refractivity contribution in [2.24, 2.45) is 5.92 Å². The zero-order chi connectivity index (χ0) is 13.9. The molecule has 0 radical (unpaired) electrons. The molecule has 1 heterocycles. The SMILES string of the molecule is CC(C)[C@@H](CO)NC(=O)CN1C(=O)CN(C)C1=O. The molecule has 7 nitrogen and oxygen atoms in total. The van der Waals surface area contributed by atoms with E-state index in [0.29, 0.717) is 0 Å². The number of aliphatic hydroxyl groups excluding tert-OH is 1. The number of carbonyl (C=O) groups excluding carboxylic acids is 3. The molecule has 1 atom stereocenters. The molecule has 4 amide bonds. The molecule has 102 valence electrons. The standard InChI is InChI=1S/C11H19N3O4/c1-7(2)8(6-15)12-9(16)4-14-10(17)5-13(3)11(14)18/h7-8,15H,4-6H2,1-3H3,(H,12,16)/t8-/m1/s1. The molecule has 0 aromatic rings. The van der Waals surface area contributed by atoms with E-state index in [1.165, 1.54) is 11.9 Å². The summed E-state index contributed by atoms with van der Waals surface area (Å²) in [5.74, 6) is -0.755. The lowest BCUT2D eigenvalue weighted by molar-refractivity contribution is -0.131. The molecule has 1 saturated heterocycles. The molecule has 0 saturated carbocycles. The first-order valence-corrected chi connectivity index (χ1v) is 5.82. The van der Waals surface area contributed by atoms with Crippen molar-refractivity contribution in [1.82, 2.24) is 15.1 Å². The normalized spacial score (nSPS) is 17.6. The first-order valence-electron chi connectivity index (χ1n) is 5.82. The summed E-state index contributed by atoms with van der Waals surface area (Å²) >= 11 is 0. The number of aliphatic hydroxyl groups is 1. The Kier molecular flexibility index (Phi) is 4.66. The number of amides is 4. The third kappa shape index (κ3) is 3.19. The van der Waals surface area contributed by atoms with Crippen LogP contribution < -0.4 is 5.32 Å². The van der Waals surface area contributed by atoms with Crippen LogP contribution in [0, 0.1) is 5.92 Å². The highest BCUT2D eigenvalue weighted by atomic mass is 16.3. The van der Waals surface area contributed by atoms with Crippen LogP contribution in [-0.2, 0) is 9.59 Å². The van der Waals surface area contributed by atoms with Crippen LogP contribution in [0.4, 0.5) is 4.79 Å². The molecule has 7 heteroatoms. The average Bonchev–Trinajstić information content (AvgIpc) is 2.52. The molecule has 1 fully saturated rings. The monoisotopic (exact) mass is 257 g/mol. The summed E-state index contributed by atoms with van der Waals surface area (Å²) in [5.41, 5.74) is 0. The van der Waals surface area contributed by atoms with Gasteiger partial charge in [0.1, 0.15) is 13.1 Å². The summed E-state index contributed by atoms with van der Waals surface area (Å²) in [6.07, 6.45) is 0. The van der Waals surface area contributed by atoms with Gasteiger partial charge in [-0.3, -0.25) is 14.5 Å². The van der Waals surface area contributed by atoms with E-state index in [-0.39, 0.29) is 37.6 Å². The molecule has 1 aliphatic rings. The fourth-order valence-corrected chi connectivity index (χ4v) is 1.64. The van der Waals surface area contributed by atoms with Crippen LogP contribution >= 0.6 is 0 Å². The Balaban J connectivity index is 2.55. The van der Waals surface area contributed by atoms with E-state index < -0.39 is 11.9 Å². The maximum atomic E-state index is 11.7. The highest BCUT2D eigenvalue weighted by molar-refractivity contribution is 6.04. The quantitative estimate of drug-likeness (QED) is 0.619. The van der Waals surface area contributed by atoms with E-state index >= 15 is 0 Å². The number of hydrogen-bond acceptors (Lipinski definition) is 4. The minimum atomic E-state index is -0.472. The molecule has 0 spiro atoms. The molecular weight excluding hydrogens is 238 g/mol. The fraction of sp³-hybridized carbons (Fsp3) is 0.727. The molecule has 0 aromatic carbocycles. The van der Waals surface area contributed by atoms with Crippen LogP contribution in [0.25, 0.3) is 0 Å². The van der Waals surface area contributed by atoms with E-state index in [0.717, 1.165) is 4.90 Å². The van der Waals surface area contributed by atoms with Gasteiger partial charge in [-0.2, -0.15) is 0 Å². The first-order chi connectivity index (χ1) is 8.36. The molecule has 0 bridgehead atoms. The lowest BCUT2D eigenvalue weighted by Gasteiger charge is -2.21. The van der Waals surface area contributed by atoms with Gasteiger partial charge < -0.3 is 15.3 Å². The molecule has 1 aliphatic heterocycles. The van der Waals surface area contributed by atoms with Gasteiger partial charge in [-0.1, -0.05) is 13.8 Å². The smallest absolute Gasteiger partial charge is 0.327 e. The van der Waals surface area contributed by atoms with Crippen molar-refractivity contribution < 1.29 is 19.5 Å². The van der Waals surface area contributed by atoms with Crippen molar-refractivity contribution in [2.45, 2.75) is 19.9 Å². The third-order valence-corrected chi connectivity index (χ3v) is 2.88. The Morgan fingerprint density at radius 2 is 2.06 bits per heavy atom. The fourth-order valence-electron chi connectivity index (χ4n) is 1.64. The van der Waals surface area contributed by atoms with Crippen LogP contribution in [0.2, 0.25) is 0 Å². The number of hydrogen-bond donors (Lipinski definition) is 2. The van der Waals surface area contributed by atoms with E-state index in [1.807, 2.05) is 13.8 Å². The lowest BCUT2D eigenvalue weighted by Crippen LogP contribution is -2.47. The van der Waals surface area contributed by atoms with Crippen LogP contribution in [0.15, 0.2) is 0 Å². The predicted molar refractivity (Wildman–Crippen MR) is 63.6 cm³/mol. The average molecular weight is 257 g/mol. The number of carbonyl (C=O) groups is 3. The van der Waals surface area contributed by atoms with Crippen LogP contribution in [0.3, 0.4) is 0 Å². The Hall–Kier alpha value is -1.63. The first kappa shape index (κ1) is 14.4. The largest absolute Gasteiger partial charge is 0.394 e. The minimum absolute atomic E-state index is 0.000275. The second kappa shape index (κ2) is 5.81. The number of imide groups is 1. The summed E-state index contributed by atoms with van der Waals surface area (Å²) in [6, 6.07) is -0.844. The highest BCUT2D eigenvalue weighted by Gasteiger charge is 2.35. The number of urea groups is 1. The van der Waals surface area contributed by atoms with Gasteiger partial charge >= 0.3 is 6.03 Å². The van der Waals surface area contributed by atoms with Crippen molar-refractivity contribution >= 4 is 17.8 Å². The summed E-state index contributed by atoms with van der Waals surface area (Å²) in [6.45, 7) is 3.25. The molecular formula is C11H19N3O4. The summed E-state index contributed by atoms with van der Waals surface area (Å²) in [5, 5.41) is 11.7. The predicted octanol–water partition coefficient (Wildman–Crippen LogP) is -0.986. The number of rotatable bonds is 5. The second-order valence-electron chi connectivity index (χ2n) is 4.72. The third-order valence-electron chi connectivity index (χ3n) is 2.88. The maximum Gasteiger partial charge on any atom is 0.327 e. The van der Waals surface area contributed by atoms with E-state index in [9.17, 15) is 14.4 Å². The van der Waals surface area contributed by atoms with Crippen molar-refractivity contribution in [1.29, 1.82) is 0 Å². The van der Waals surface area contributed by atoms with Gasteiger partial charge in [0.2, 0.25) is 5.91 Å². The Bertz CT molecular complexity index is 356. The molecule has 0 aliphatic carbocycles. The van der Waals surface area contributed by atoms with Gasteiger partial charge in [-0.15, -0.1) is 0 Å². The summed E-state index contributed by atoms with van der Waals surface area (Å²) < 4.78 is 0. The van der Waals surface area contributed by atoms with Crippen LogP contribution in [0.5, 0.6) is 0 Å². The van der Waals surface area contributed by atoms with Crippen molar-refractivity contribution in [2.75, 3.05) is 26.7 Å². The summed E-state index contributed by atoms with van der Waals surface area (Å²) in [4.78, 5) is 36.8. The maximum absolute atomic E-state index is 11.7. The summed E-state index contributed by atoms with van der Waals surface area (Å²) in [7, 11) is 1.50. The Labute approximate surface area is 106 Å². The molecule has 0 aromatic heterocycles. The number of likely N-dealkylation sites (N-methyl/N-ethyl adjacent to an activating group) is 1. The van der Waals surface area contributed by atoms with Crippen molar-refractivity contribution in [3.05, 3.63) is 0 Å². The second-order valence-corrected chi connectivity index (χ2v) is 4.72. The van der Waals surface area contributed by atoms with Gasteiger partial charge in [0.05, 0.1) is 12.6 Å². The van der Waals surface area contributed by atoms with Gasteiger partial charge in [-0.05, 0) is 5.92 Å². The zero-order valence-electron chi connectivity index (χ0n) is 10.8. The highest BCUT2D eigenvalue weighted by Crippen LogP contribution is 2.07. The molecule has 2 N–H and O–H groups in total. The van der Waals surface area contributed by atoms with Crippen molar-refractivity contribution in [3.8, 4) is 0 Å². The van der Waals surface area contributed by atoms with E-state index in [4.69, 9.17) is 5.11 Å². The van der Waals surface area contributed by atoms with Gasteiger partial charge in [0, 0.05) is 7.05 Å². The minimum Gasteiger partial charge on any atom is -0.394 e. The number of nitrogens with one attached hydrogen (secondary N) is 1. The number of nitrogens with zero attached hydrogens (tertiary/aromatic N) is 2. The van der Waals surface area contributed by atoms with Gasteiger partial charge in [0.25, 0.3) is 5.91 Å². The molecule has 0 unspecified atom stereocenters. The Morgan fingerprint density at radius 3 is 2.44 bits per heavy atom. The lowest BCUT2D eigenvalue weighted by atomic mass is 10.1. The van der Waals surface area contributed by atoms with Crippen LogP contribution in [0.1, 0.15) is 13.8 Å². The Morgan fingerprint density at radius 1 is 1.44 bits per heavy atom. The van der Waals surface area contributed by atoms with Crippen molar-refractivity contribution in [3.63, 3.8) is 0 Å². The van der Waals surface area contributed by atoms with E-state index in [1.54, 1.807) is 0 Å². The molecule has 1 rings (SSSR count). The van der Waals surface area contributed by atoms with Crippen LogP contribution in [-0.4, -0.2) is 65.5 Å².